The molecule has 0 spiro atoms. The number of aromatic nitrogens is 3. The summed E-state index contributed by atoms with van der Waals surface area (Å²) >= 11 is 0. The van der Waals surface area contributed by atoms with Gasteiger partial charge in [0.2, 0.25) is 5.78 Å². The third-order valence-electron chi connectivity index (χ3n) is 5.39. The van der Waals surface area contributed by atoms with Crippen molar-refractivity contribution in [2.24, 2.45) is 4.99 Å². The van der Waals surface area contributed by atoms with E-state index in [0.717, 1.165) is 36.8 Å². The molecule has 39 heavy (non-hydrogen) atoms. The van der Waals surface area contributed by atoms with Crippen LogP contribution in [0.3, 0.4) is 0 Å². The summed E-state index contributed by atoms with van der Waals surface area (Å²) in [5.41, 5.74) is -2.27. The molecule has 0 aliphatic heterocycles. The Morgan fingerprint density at radius 3 is 2.51 bits per heavy atom. The Hall–Kier alpha value is -4.37. The number of nitrogens with one attached hydrogen (secondary N) is 4. The predicted molar refractivity (Wildman–Crippen MR) is 135 cm³/mol. The molecule has 9 nitrogen and oxygen atoms in total. The van der Waals surface area contributed by atoms with E-state index in [9.17, 15) is 26.6 Å². The van der Waals surface area contributed by atoms with Crippen LogP contribution in [0.2, 0.25) is 0 Å². The SMILES string of the molecule is CNCC(C=N)=Nc1ncnc2[nH]cc(C(=O)c3c(F)ccc(NS(=O)c4ccc(C(F)(F)F)cc4)c3F)c12. The number of aromatic amines is 1. The van der Waals surface area contributed by atoms with Crippen LogP contribution in [-0.2, 0) is 17.2 Å². The van der Waals surface area contributed by atoms with Gasteiger partial charge in [0.15, 0.2) is 11.6 Å². The largest absolute Gasteiger partial charge is 0.416 e. The van der Waals surface area contributed by atoms with Gasteiger partial charge in [0.05, 0.1) is 38.4 Å². The van der Waals surface area contributed by atoms with Crippen LogP contribution < -0.4 is 10.0 Å². The van der Waals surface area contributed by atoms with Crippen LogP contribution in [0, 0.1) is 17.0 Å². The maximum Gasteiger partial charge on any atom is 0.416 e. The normalized spacial score (nSPS) is 12.9. The molecule has 0 radical (unpaired) electrons. The van der Waals surface area contributed by atoms with Crippen LogP contribution >= 0.6 is 0 Å². The summed E-state index contributed by atoms with van der Waals surface area (Å²) in [7, 11) is -0.607. The van der Waals surface area contributed by atoms with Gasteiger partial charge in [-0.05, 0) is 43.4 Å². The molecule has 4 rings (SSSR count). The lowest BCUT2D eigenvalue weighted by atomic mass is 10.0. The number of halogens is 5. The molecule has 2 heterocycles. The number of rotatable bonds is 9. The highest BCUT2D eigenvalue weighted by molar-refractivity contribution is 7.86. The fraction of sp³-hybridized carbons (Fsp3) is 0.125. The molecule has 2 aromatic heterocycles. The van der Waals surface area contributed by atoms with Gasteiger partial charge >= 0.3 is 6.18 Å². The number of nitrogens with zero attached hydrogens (tertiary/aromatic N) is 3. The Morgan fingerprint density at radius 1 is 1.15 bits per heavy atom. The van der Waals surface area contributed by atoms with E-state index in [4.69, 9.17) is 5.41 Å². The fourth-order valence-corrected chi connectivity index (χ4v) is 4.41. The van der Waals surface area contributed by atoms with E-state index < -0.39 is 51.4 Å². The molecule has 0 aliphatic carbocycles. The van der Waals surface area contributed by atoms with Crippen molar-refractivity contribution in [1.82, 2.24) is 20.3 Å². The Labute approximate surface area is 219 Å². The summed E-state index contributed by atoms with van der Waals surface area (Å²) in [5.74, 6) is -3.70. The smallest absolute Gasteiger partial charge is 0.345 e. The van der Waals surface area contributed by atoms with Gasteiger partial charge in [-0.3, -0.25) is 9.52 Å². The maximum absolute atomic E-state index is 15.4. The zero-order valence-electron chi connectivity index (χ0n) is 19.9. The van der Waals surface area contributed by atoms with Crippen LogP contribution in [0.5, 0.6) is 0 Å². The number of hydrogen-bond acceptors (Lipinski definition) is 7. The molecule has 202 valence electrons. The number of alkyl halides is 3. The van der Waals surface area contributed by atoms with Crippen LogP contribution in [0.25, 0.3) is 11.0 Å². The Kier molecular flexibility index (Phi) is 7.92. The molecule has 15 heteroatoms. The van der Waals surface area contributed by atoms with Crippen molar-refractivity contribution in [3.8, 4) is 0 Å². The molecule has 1 atom stereocenters. The third kappa shape index (κ3) is 5.73. The quantitative estimate of drug-likeness (QED) is 0.135. The lowest BCUT2D eigenvalue weighted by Gasteiger charge is -2.12. The average molecular weight is 564 g/mol. The number of hydrogen-bond donors (Lipinski definition) is 4. The van der Waals surface area contributed by atoms with E-state index in [1.807, 2.05) is 0 Å². The lowest BCUT2D eigenvalue weighted by molar-refractivity contribution is -0.137. The summed E-state index contributed by atoms with van der Waals surface area (Å²) < 4.78 is 83.5. The zero-order valence-corrected chi connectivity index (χ0v) is 20.7. The first kappa shape index (κ1) is 27.7. The number of anilines is 1. The molecule has 0 aliphatic rings. The van der Waals surface area contributed by atoms with Crippen molar-refractivity contribution in [1.29, 1.82) is 5.41 Å². The topological polar surface area (TPSA) is 136 Å². The van der Waals surface area contributed by atoms with Crippen LogP contribution in [-0.4, -0.2) is 50.5 Å². The van der Waals surface area contributed by atoms with Crippen LogP contribution in [0.1, 0.15) is 21.5 Å². The van der Waals surface area contributed by atoms with E-state index in [1.54, 1.807) is 7.05 Å². The number of benzene rings is 2. The third-order valence-corrected chi connectivity index (χ3v) is 6.49. The molecule has 2 aromatic carbocycles. The second kappa shape index (κ2) is 11.2. The second-order valence-electron chi connectivity index (χ2n) is 7.91. The van der Waals surface area contributed by atoms with Crippen molar-refractivity contribution in [3.05, 3.63) is 77.2 Å². The highest BCUT2D eigenvalue weighted by Gasteiger charge is 2.30. The highest BCUT2D eigenvalue weighted by atomic mass is 32.2. The number of H-pyrrole nitrogens is 1. The molecule has 0 saturated carbocycles. The minimum absolute atomic E-state index is 0.0168. The van der Waals surface area contributed by atoms with E-state index in [0.29, 0.717) is 12.1 Å². The van der Waals surface area contributed by atoms with Gasteiger partial charge in [0.1, 0.15) is 28.8 Å². The minimum atomic E-state index is -4.60. The summed E-state index contributed by atoms with van der Waals surface area (Å²) in [5, 5.41) is 10.4. The van der Waals surface area contributed by atoms with Gasteiger partial charge in [0.25, 0.3) is 0 Å². The molecule has 1 unspecified atom stereocenters. The molecule has 0 saturated heterocycles. The summed E-state index contributed by atoms with van der Waals surface area (Å²) in [6.45, 7) is 0.204. The van der Waals surface area contributed by atoms with Gasteiger partial charge in [-0.2, -0.15) is 13.2 Å². The highest BCUT2D eigenvalue weighted by Crippen LogP contribution is 2.32. The summed E-state index contributed by atoms with van der Waals surface area (Å²) in [6.07, 6.45) is -1.28. The van der Waals surface area contributed by atoms with Crippen molar-refractivity contribution in [3.63, 3.8) is 0 Å². The first-order chi connectivity index (χ1) is 18.5. The molecular formula is C24H18F5N7O2S. The molecule has 0 fully saturated rings. The number of fused-ring (bicyclic) bond motifs is 1. The molecule has 4 N–H and O–H groups in total. The fourth-order valence-electron chi connectivity index (χ4n) is 3.55. The Bertz CT molecular complexity index is 1620. The summed E-state index contributed by atoms with van der Waals surface area (Å²) in [6, 6.07) is 5.02. The Morgan fingerprint density at radius 2 is 1.87 bits per heavy atom. The monoisotopic (exact) mass is 563 g/mol. The molecular weight excluding hydrogens is 545 g/mol. The van der Waals surface area contributed by atoms with Crippen molar-refractivity contribution in [2.75, 3.05) is 18.3 Å². The van der Waals surface area contributed by atoms with Gasteiger partial charge in [-0.1, -0.05) is 0 Å². The van der Waals surface area contributed by atoms with E-state index in [2.05, 4.69) is 30.0 Å². The molecule has 0 amide bonds. The molecule has 4 aromatic rings. The van der Waals surface area contributed by atoms with Crippen molar-refractivity contribution >= 4 is 51.2 Å². The first-order valence-electron chi connectivity index (χ1n) is 11.0. The first-order valence-corrected chi connectivity index (χ1v) is 12.1. The van der Waals surface area contributed by atoms with Crippen molar-refractivity contribution in [2.45, 2.75) is 11.1 Å². The van der Waals surface area contributed by atoms with Gasteiger partial charge in [0, 0.05) is 19.0 Å². The predicted octanol–water partition coefficient (Wildman–Crippen LogP) is 4.56. The van der Waals surface area contributed by atoms with E-state index in [1.165, 1.54) is 6.20 Å². The van der Waals surface area contributed by atoms with Gasteiger partial charge in [-0.15, -0.1) is 0 Å². The van der Waals surface area contributed by atoms with Gasteiger partial charge < -0.3 is 15.7 Å². The number of ketones is 1. The number of aliphatic imine (C=N–C) groups is 1. The Balaban J connectivity index is 1.71. The molecule has 0 bridgehead atoms. The van der Waals surface area contributed by atoms with E-state index in [-0.39, 0.29) is 39.6 Å². The number of carbonyl (C=O) groups is 1. The maximum atomic E-state index is 15.4. The van der Waals surface area contributed by atoms with Gasteiger partial charge in [-0.25, -0.2) is 28.0 Å². The average Bonchev–Trinajstić information content (AvgIpc) is 3.35. The summed E-state index contributed by atoms with van der Waals surface area (Å²) in [4.78, 5) is 28.2. The lowest BCUT2D eigenvalue weighted by Crippen LogP contribution is -2.19. The zero-order chi connectivity index (χ0) is 28.3. The number of carbonyl (C=O) groups excluding carboxylic acids is 1. The van der Waals surface area contributed by atoms with E-state index >= 15 is 4.39 Å². The second-order valence-corrected chi connectivity index (χ2v) is 9.12. The van der Waals surface area contributed by atoms with Crippen molar-refractivity contribution < 1.29 is 31.0 Å². The van der Waals surface area contributed by atoms with Crippen LogP contribution in [0.4, 0.5) is 33.5 Å². The standard InChI is InChI=1S/C24H18F5N7O2S/c1-31-9-13(8-30)35-23-18-15(10-32-22(18)33-11-34-23)21(37)19-16(25)6-7-17(20(19)26)36-39(38)14-4-2-12(3-5-14)24(27,28)29/h2-8,10-11,30-31,36H,9H2,1H3,(H,32,33,34). The van der Waals surface area contributed by atoms with Crippen LogP contribution in [0.15, 0.2) is 58.8 Å². The minimum Gasteiger partial charge on any atom is -0.345 e.